The van der Waals surface area contributed by atoms with Crippen LogP contribution in [-0.2, 0) is 6.54 Å². The lowest BCUT2D eigenvalue weighted by Crippen LogP contribution is -2.01. The molecule has 86 valence electrons. The van der Waals surface area contributed by atoms with E-state index in [1.807, 2.05) is 18.3 Å². The van der Waals surface area contributed by atoms with E-state index in [1.54, 1.807) is 22.0 Å². The van der Waals surface area contributed by atoms with E-state index in [0.29, 0.717) is 0 Å². The molecule has 4 nitrogen and oxygen atoms in total. The van der Waals surface area contributed by atoms with Crippen LogP contribution in [-0.4, -0.2) is 14.6 Å². The number of nitrogens with zero attached hydrogens (tertiary/aromatic N) is 3. The van der Waals surface area contributed by atoms with Crippen molar-refractivity contribution in [3.8, 4) is 0 Å². The molecule has 3 aromatic heterocycles. The summed E-state index contributed by atoms with van der Waals surface area (Å²) in [7, 11) is 0. The highest BCUT2D eigenvalue weighted by molar-refractivity contribution is 9.10. The Kier molecular flexibility index (Phi) is 2.82. The van der Waals surface area contributed by atoms with Gasteiger partial charge in [-0.05, 0) is 28.1 Å². The molecule has 17 heavy (non-hydrogen) atoms. The predicted octanol–water partition coefficient (Wildman–Crippen LogP) is 3.17. The number of anilines is 1. The third kappa shape index (κ3) is 2.32. The molecule has 0 saturated heterocycles. The summed E-state index contributed by atoms with van der Waals surface area (Å²) < 4.78 is 2.87. The summed E-state index contributed by atoms with van der Waals surface area (Å²) in [6.45, 7) is 0.785. The molecule has 0 bridgehead atoms. The average Bonchev–Trinajstić information content (AvgIpc) is 2.94. The van der Waals surface area contributed by atoms with Crippen molar-refractivity contribution in [1.82, 2.24) is 14.6 Å². The normalized spacial score (nSPS) is 10.9. The molecule has 1 N–H and O–H groups in total. The molecule has 0 amide bonds. The Balaban J connectivity index is 1.76. The van der Waals surface area contributed by atoms with Gasteiger partial charge in [-0.3, -0.25) is 0 Å². The number of hydrogen-bond acceptors (Lipinski definition) is 4. The Morgan fingerprint density at radius 2 is 2.35 bits per heavy atom. The third-order valence-electron chi connectivity index (χ3n) is 2.32. The van der Waals surface area contributed by atoms with Gasteiger partial charge < -0.3 is 5.32 Å². The highest BCUT2D eigenvalue weighted by atomic mass is 79.9. The molecule has 3 heterocycles. The highest BCUT2D eigenvalue weighted by Gasteiger charge is 2.00. The molecule has 3 rings (SSSR count). The molecule has 0 radical (unpaired) electrons. The Hall–Kier alpha value is -1.40. The molecule has 3 aromatic rings. The van der Waals surface area contributed by atoms with Crippen LogP contribution in [0.1, 0.15) is 4.88 Å². The molecule has 0 atom stereocenters. The monoisotopic (exact) mass is 308 g/mol. The van der Waals surface area contributed by atoms with Gasteiger partial charge in [0.15, 0.2) is 5.65 Å². The maximum Gasteiger partial charge on any atom is 0.157 e. The molecular weight excluding hydrogens is 300 g/mol. The molecule has 0 unspecified atom stereocenters. The number of aromatic nitrogens is 3. The molecule has 0 saturated carbocycles. The number of thiophene rings is 1. The maximum absolute atomic E-state index is 4.44. The zero-order valence-corrected chi connectivity index (χ0v) is 11.2. The SMILES string of the molecule is Brc1csc(CNc2ccn3nccc3n2)c1. The third-order valence-corrected chi connectivity index (χ3v) is 4.02. The van der Waals surface area contributed by atoms with Crippen molar-refractivity contribution in [3.05, 3.63) is 45.3 Å². The number of fused-ring (bicyclic) bond motifs is 1. The largest absolute Gasteiger partial charge is 0.365 e. The van der Waals surface area contributed by atoms with Gasteiger partial charge in [0.2, 0.25) is 0 Å². The fourth-order valence-electron chi connectivity index (χ4n) is 1.54. The first-order chi connectivity index (χ1) is 8.31. The van der Waals surface area contributed by atoms with Crippen LogP contribution in [0.15, 0.2) is 40.4 Å². The Morgan fingerprint density at radius 1 is 1.41 bits per heavy atom. The first kappa shape index (κ1) is 10.7. The predicted molar refractivity (Wildman–Crippen MR) is 72.3 cm³/mol. The Morgan fingerprint density at radius 3 is 3.18 bits per heavy atom. The second-order valence-corrected chi connectivity index (χ2v) is 5.44. The second-order valence-electron chi connectivity index (χ2n) is 3.53. The zero-order valence-electron chi connectivity index (χ0n) is 8.80. The maximum atomic E-state index is 4.44. The van der Waals surface area contributed by atoms with Gasteiger partial charge in [-0.2, -0.15) is 5.10 Å². The van der Waals surface area contributed by atoms with Crippen LogP contribution in [0.5, 0.6) is 0 Å². The summed E-state index contributed by atoms with van der Waals surface area (Å²) in [5.74, 6) is 0.863. The van der Waals surface area contributed by atoms with Crippen molar-refractivity contribution in [2.45, 2.75) is 6.54 Å². The van der Waals surface area contributed by atoms with Crippen molar-refractivity contribution in [3.63, 3.8) is 0 Å². The van der Waals surface area contributed by atoms with Crippen LogP contribution in [0.3, 0.4) is 0 Å². The van der Waals surface area contributed by atoms with Gasteiger partial charge in [0.1, 0.15) is 5.82 Å². The highest BCUT2D eigenvalue weighted by Crippen LogP contribution is 2.20. The van der Waals surface area contributed by atoms with E-state index >= 15 is 0 Å². The summed E-state index contributed by atoms with van der Waals surface area (Å²) in [4.78, 5) is 5.71. The molecular formula is C11H9BrN4S. The Bertz CT molecular complexity index is 646. The van der Waals surface area contributed by atoms with Crippen molar-refractivity contribution in [2.75, 3.05) is 5.32 Å². The van der Waals surface area contributed by atoms with Crippen LogP contribution in [0.4, 0.5) is 5.82 Å². The van der Waals surface area contributed by atoms with Gasteiger partial charge in [0, 0.05) is 27.0 Å². The summed E-state index contributed by atoms with van der Waals surface area (Å²) in [5.41, 5.74) is 0.849. The van der Waals surface area contributed by atoms with E-state index in [4.69, 9.17) is 0 Å². The smallest absolute Gasteiger partial charge is 0.157 e. The van der Waals surface area contributed by atoms with Crippen molar-refractivity contribution in [2.24, 2.45) is 0 Å². The van der Waals surface area contributed by atoms with Gasteiger partial charge in [-0.1, -0.05) is 0 Å². The van der Waals surface area contributed by atoms with Gasteiger partial charge >= 0.3 is 0 Å². The molecule has 0 aliphatic rings. The quantitative estimate of drug-likeness (QED) is 0.808. The molecule has 0 spiro atoms. The topological polar surface area (TPSA) is 42.2 Å². The van der Waals surface area contributed by atoms with Crippen LogP contribution in [0.25, 0.3) is 5.65 Å². The van der Waals surface area contributed by atoms with Crippen LogP contribution < -0.4 is 5.32 Å². The lowest BCUT2D eigenvalue weighted by Gasteiger charge is -2.03. The number of nitrogens with one attached hydrogen (secondary N) is 1. The zero-order chi connectivity index (χ0) is 11.7. The van der Waals surface area contributed by atoms with Crippen molar-refractivity contribution >= 4 is 38.7 Å². The first-order valence-corrected chi connectivity index (χ1v) is 6.76. The molecule has 0 fully saturated rings. The summed E-state index contributed by atoms with van der Waals surface area (Å²) in [5, 5.41) is 9.47. The fraction of sp³-hybridized carbons (Fsp3) is 0.0909. The number of hydrogen-bond donors (Lipinski definition) is 1. The standard InChI is InChI=1S/C11H9BrN4S/c12-8-5-9(17-7-8)6-13-10-2-4-16-11(15-10)1-3-14-16/h1-5,7H,6H2,(H,13,15). The second kappa shape index (κ2) is 4.46. The van der Waals surface area contributed by atoms with Gasteiger partial charge in [0.05, 0.1) is 12.7 Å². The minimum absolute atomic E-state index is 0.785. The summed E-state index contributed by atoms with van der Waals surface area (Å²) >= 11 is 5.16. The first-order valence-electron chi connectivity index (χ1n) is 5.08. The van der Waals surface area contributed by atoms with E-state index in [-0.39, 0.29) is 0 Å². The van der Waals surface area contributed by atoms with Gasteiger partial charge in [-0.25, -0.2) is 9.50 Å². The number of halogens is 1. The van der Waals surface area contributed by atoms with Gasteiger partial charge in [-0.15, -0.1) is 11.3 Å². The number of rotatable bonds is 3. The van der Waals surface area contributed by atoms with Crippen molar-refractivity contribution < 1.29 is 0 Å². The van der Waals surface area contributed by atoms with E-state index in [0.717, 1.165) is 22.5 Å². The van der Waals surface area contributed by atoms with E-state index in [2.05, 4.69) is 42.8 Å². The van der Waals surface area contributed by atoms with E-state index in [9.17, 15) is 0 Å². The lowest BCUT2D eigenvalue weighted by molar-refractivity contribution is 0.937. The minimum atomic E-state index is 0.785. The van der Waals surface area contributed by atoms with Gasteiger partial charge in [0.25, 0.3) is 0 Å². The fourth-order valence-corrected chi connectivity index (χ4v) is 2.93. The molecule has 0 aromatic carbocycles. The van der Waals surface area contributed by atoms with Crippen LogP contribution in [0, 0.1) is 0 Å². The molecule has 0 aliphatic carbocycles. The molecule has 0 aliphatic heterocycles. The van der Waals surface area contributed by atoms with E-state index in [1.165, 1.54) is 4.88 Å². The lowest BCUT2D eigenvalue weighted by atomic mass is 10.4. The average molecular weight is 309 g/mol. The van der Waals surface area contributed by atoms with E-state index < -0.39 is 0 Å². The molecule has 6 heteroatoms. The summed E-state index contributed by atoms with van der Waals surface area (Å²) in [6, 6.07) is 5.91. The minimum Gasteiger partial charge on any atom is -0.365 e. The van der Waals surface area contributed by atoms with Crippen LogP contribution in [0.2, 0.25) is 0 Å². The summed E-state index contributed by atoms with van der Waals surface area (Å²) in [6.07, 6.45) is 3.64. The van der Waals surface area contributed by atoms with Crippen molar-refractivity contribution in [1.29, 1.82) is 0 Å². The van der Waals surface area contributed by atoms with Crippen LogP contribution >= 0.6 is 27.3 Å². The Labute approximate surface area is 110 Å².